The van der Waals surface area contributed by atoms with E-state index in [1.54, 1.807) is 0 Å². The van der Waals surface area contributed by atoms with Crippen LogP contribution in [0.15, 0.2) is 66.7 Å². The van der Waals surface area contributed by atoms with E-state index in [4.69, 9.17) is 4.98 Å². The molecule has 4 rings (SSSR count). The second-order valence-electron chi connectivity index (χ2n) is 5.39. The van der Waals surface area contributed by atoms with Crippen LogP contribution < -0.4 is 0 Å². The third-order valence-electron chi connectivity index (χ3n) is 3.89. The van der Waals surface area contributed by atoms with Gasteiger partial charge in [0.25, 0.3) is 0 Å². The fourth-order valence-corrected chi connectivity index (χ4v) is 2.78. The number of benzene rings is 3. The Bertz CT molecular complexity index is 839. The second kappa shape index (κ2) is 5.06. The van der Waals surface area contributed by atoms with Gasteiger partial charge in [0.15, 0.2) is 0 Å². The lowest BCUT2D eigenvalue weighted by Crippen LogP contribution is -1.92. The van der Waals surface area contributed by atoms with Gasteiger partial charge in [0.1, 0.15) is 5.82 Å². The molecule has 102 valence electrons. The smallest absolute Gasteiger partial charge is 0.107 e. The largest absolute Gasteiger partial charge is 0.342 e. The molecule has 0 aliphatic rings. The molecule has 0 saturated carbocycles. The Balaban J connectivity index is 1.65. The van der Waals surface area contributed by atoms with Gasteiger partial charge in [-0.1, -0.05) is 54.6 Å². The Morgan fingerprint density at radius 3 is 2.29 bits per heavy atom. The van der Waals surface area contributed by atoms with Crippen LogP contribution in [0.4, 0.5) is 0 Å². The predicted octanol–water partition coefficient (Wildman–Crippen LogP) is 4.50. The van der Waals surface area contributed by atoms with Crippen molar-refractivity contribution in [2.75, 3.05) is 0 Å². The van der Waals surface area contributed by atoms with E-state index in [1.807, 2.05) is 0 Å². The summed E-state index contributed by atoms with van der Waals surface area (Å²) in [7, 11) is 0. The van der Waals surface area contributed by atoms with Crippen LogP contribution in [-0.2, 0) is 12.8 Å². The first-order valence-corrected chi connectivity index (χ1v) is 7.30. The van der Waals surface area contributed by atoms with Gasteiger partial charge >= 0.3 is 0 Å². The summed E-state index contributed by atoms with van der Waals surface area (Å²) in [6.45, 7) is 0. The van der Waals surface area contributed by atoms with Crippen LogP contribution in [-0.4, -0.2) is 9.97 Å². The van der Waals surface area contributed by atoms with Gasteiger partial charge in [-0.15, -0.1) is 0 Å². The monoisotopic (exact) mass is 272 g/mol. The second-order valence-corrected chi connectivity index (χ2v) is 5.39. The first kappa shape index (κ1) is 12.2. The number of hydrogen-bond acceptors (Lipinski definition) is 1. The molecular weight excluding hydrogens is 256 g/mol. The Hall–Kier alpha value is -2.61. The van der Waals surface area contributed by atoms with Gasteiger partial charge < -0.3 is 4.98 Å². The first-order valence-electron chi connectivity index (χ1n) is 7.30. The maximum atomic E-state index is 4.72. The number of hydrogen-bond donors (Lipinski definition) is 1. The molecule has 1 aromatic heterocycles. The predicted molar refractivity (Wildman–Crippen MR) is 87.4 cm³/mol. The minimum Gasteiger partial charge on any atom is -0.342 e. The van der Waals surface area contributed by atoms with Crippen molar-refractivity contribution in [3.05, 3.63) is 78.1 Å². The number of aromatic amines is 1. The van der Waals surface area contributed by atoms with Crippen molar-refractivity contribution in [2.24, 2.45) is 0 Å². The molecule has 2 heteroatoms. The van der Waals surface area contributed by atoms with E-state index in [0.29, 0.717) is 0 Å². The molecule has 0 spiro atoms. The van der Waals surface area contributed by atoms with Crippen LogP contribution in [0.2, 0.25) is 0 Å². The third kappa shape index (κ3) is 2.40. The van der Waals surface area contributed by atoms with E-state index in [0.717, 1.165) is 29.7 Å². The Labute approximate surface area is 123 Å². The van der Waals surface area contributed by atoms with Gasteiger partial charge in [0.05, 0.1) is 11.0 Å². The van der Waals surface area contributed by atoms with Crippen LogP contribution >= 0.6 is 0 Å². The van der Waals surface area contributed by atoms with E-state index in [9.17, 15) is 0 Å². The van der Waals surface area contributed by atoms with Crippen molar-refractivity contribution in [3.8, 4) is 0 Å². The Morgan fingerprint density at radius 1 is 0.762 bits per heavy atom. The maximum Gasteiger partial charge on any atom is 0.107 e. The topological polar surface area (TPSA) is 28.7 Å². The van der Waals surface area contributed by atoms with Gasteiger partial charge in [-0.3, -0.25) is 0 Å². The normalized spacial score (nSPS) is 11.2. The lowest BCUT2D eigenvalue weighted by atomic mass is 10.1. The molecule has 0 unspecified atom stereocenters. The minimum absolute atomic E-state index is 0.940. The van der Waals surface area contributed by atoms with Gasteiger partial charge in [-0.25, -0.2) is 4.98 Å². The molecule has 0 fully saturated rings. The highest BCUT2D eigenvalue weighted by molar-refractivity contribution is 5.95. The average molecular weight is 272 g/mol. The zero-order chi connectivity index (χ0) is 14.1. The summed E-state index contributed by atoms with van der Waals surface area (Å²) < 4.78 is 0. The molecular formula is C19H16N2. The van der Waals surface area contributed by atoms with Crippen LogP contribution in [0.25, 0.3) is 21.8 Å². The Kier molecular flexibility index (Phi) is 2.93. The highest BCUT2D eigenvalue weighted by Gasteiger charge is 2.04. The van der Waals surface area contributed by atoms with E-state index in [1.165, 1.54) is 16.3 Å². The lowest BCUT2D eigenvalue weighted by molar-refractivity contribution is 0.890. The molecule has 0 bridgehead atoms. The van der Waals surface area contributed by atoms with Gasteiger partial charge in [-0.05, 0) is 34.9 Å². The molecule has 0 aliphatic carbocycles. The van der Waals surface area contributed by atoms with Crippen molar-refractivity contribution in [1.82, 2.24) is 9.97 Å². The summed E-state index contributed by atoms with van der Waals surface area (Å²) in [5.74, 6) is 1.06. The van der Waals surface area contributed by atoms with Crippen molar-refractivity contribution >= 4 is 21.8 Å². The fourth-order valence-electron chi connectivity index (χ4n) is 2.78. The maximum absolute atomic E-state index is 4.72. The summed E-state index contributed by atoms with van der Waals surface area (Å²) >= 11 is 0. The molecule has 2 nitrogen and oxygen atoms in total. The number of nitrogens with zero attached hydrogens (tertiary/aromatic N) is 1. The number of rotatable bonds is 3. The van der Waals surface area contributed by atoms with E-state index < -0.39 is 0 Å². The molecule has 0 atom stereocenters. The van der Waals surface area contributed by atoms with E-state index >= 15 is 0 Å². The van der Waals surface area contributed by atoms with Crippen molar-refractivity contribution in [1.29, 1.82) is 0 Å². The Morgan fingerprint density at radius 2 is 1.48 bits per heavy atom. The van der Waals surface area contributed by atoms with Crippen molar-refractivity contribution < 1.29 is 0 Å². The molecule has 0 aliphatic heterocycles. The highest BCUT2D eigenvalue weighted by atomic mass is 14.9. The summed E-state index contributed by atoms with van der Waals surface area (Å²) in [6, 6.07) is 23.3. The highest BCUT2D eigenvalue weighted by Crippen LogP contribution is 2.21. The number of H-pyrrole nitrogens is 1. The standard InChI is InChI=1S/C19H16N2/c1-2-6-14(7-3-1)10-11-19-20-17-12-15-8-4-5-9-16(15)13-18(17)21-19/h1-9,12-13H,10-11H2,(H,20,21). The molecule has 21 heavy (non-hydrogen) atoms. The number of fused-ring (bicyclic) bond motifs is 2. The SMILES string of the molecule is c1ccc(CCc2nc3cc4ccccc4cc3[nH]2)cc1. The van der Waals surface area contributed by atoms with Crippen LogP contribution in [0, 0.1) is 0 Å². The fraction of sp³-hybridized carbons (Fsp3) is 0.105. The quantitative estimate of drug-likeness (QED) is 0.584. The molecule has 1 N–H and O–H groups in total. The molecule has 0 saturated heterocycles. The first-order chi connectivity index (χ1) is 10.4. The number of nitrogens with one attached hydrogen (secondary N) is 1. The zero-order valence-electron chi connectivity index (χ0n) is 11.7. The van der Waals surface area contributed by atoms with E-state index in [2.05, 4.69) is 71.7 Å². The summed E-state index contributed by atoms with van der Waals surface area (Å²) in [5, 5.41) is 2.49. The number of aromatic nitrogens is 2. The molecule has 3 aromatic carbocycles. The summed E-state index contributed by atoms with van der Waals surface area (Å²) in [5.41, 5.74) is 3.52. The molecule has 0 radical (unpaired) electrons. The minimum atomic E-state index is 0.940. The summed E-state index contributed by atoms with van der Waals surface area (Å²) in [6.07, 6.45) is 1.95. The van der Waals surface area contributed by atoms with Crippen LogP contribution in [0.3, 0.4) is 0 Å². The molecule has 1 heterocycles. The van der Waals surface area contributed by atoms with Crippen molar-refractivity contribution in [3.63, 3.8) is 0 Å². The number of aryl methyl sites for hydroxylation is 2. The lowest BCUT2D eigenvalue weighted by Gasteiger charge is -1.97. The van der Waals surface area contributed by atoms with Crippen molar-refractivity contribution in [2.45, 2.75) is 12.8 Å². The van der Waals surface area contributed by atoms with Crippen LogP contribution in [0.5, 0.6) is 0 Å². The molecule has 0 amide bonds. The van der Waals surface area contributed by atoms with Gasteiger partial charge in [0, 0.05) is 6.42 Å². The van der Waals surface area contributed by atoms with E-state index in [-0.39, 0.29) is 0 Å². The zero-order valence-corrected chi connectivity index (χ0v) is 11.7. The average Bonchev–Trinajstić information content (AvgIpc) is 2.93. The number of imidazole rings is 1. The van der Waals surface area contributed by atoms with Gasteiger partial charge in [-0.2, -0.15) is 0 Å². The molecule has 4 aromatic rings. The van der Waals surface area contributed by atoms with Crippen LogP contribution in [0.1, 0.15) is 11.4 Å². The third-order valence-corrected chi connectivity index (χ3v) is 3.89. The van der Waals surface area contributed by atoms with Gasteiger partial charge in [0.2, 0.25) is 0 Å². The summed E-state index contributed by atoms with van der Waals surface area (Å²) in [4.78, 5) is 8.17.